The number of rotatable bonds is 9. The molecule has 7 nitrogen and oxygen atoms in total. The molecular formula is C29H27N3O4S. The predicted octanol–water partition coefficient (Wildman–Crippen LogP) is 5.34. The molecule has 2 aromatic carbocycles. The molecule has 1 N–H and O–H groups in total. The van der Waals surface area contributed by atoms with E-state index in [1.54, 1.807) is 41.7 Å². The summed E-state index contributed by atoms with van der Waals surface area (Å²) in [5.74, 6) is -0.797. The standard InChI is InChI=1S/C29H27N3O4S/c1-20-5-2-6-21(17-20)18-36-23-10-8-22(9-11-23)27(33)25-26(24-7-3-16-37-24)32(29(35)28(25)34)14-4-13-31-15-12-30-19-31/h2-3,5-12,15-17,19,26,33H,4,13-14,18H2,1H3/b27-25+/t26-/m0/s1. The number of carbonyl (C=O) groups excluding carboxylic acids is 2. The number of hydrogen-bond acceptors (Lipinski definition) is 6. The lowest BCUT2D eigenvalue weighted by Gasteiger charge is -2.24. The fourth-order valence-electron chi connectivity index (χ4n) is 4.53. The number of aliphatic hydroxyl groups is 1. The highest BCUT2D eigenvalue weighted by atomic mass is 32.1. The van der Waals surface area contributed by atoms with Gasteiger partial charge in [-0.25, -0.2) is 4.98 Å². The van der Waals surface area contributed by atoms with E-state index < -0.39 is 17.7 Å². The average molecular weight is 514 g/mol. The predicted molar refractivity (Wildman–Crippen MR) is 142 cm³/mol. The molecule has 0 aliphatic carbocycles. The van der Waals surface area contributed by atoms with Crippen LogP contribution in [0.1, 0.15) is 34.0 Å². The Labute approximate surface area is 219 Å². The summed E-state index contributed by atoms with van der Waals surface area (Å²) < 4.78 is 7.82. The van der Waals surface area contributed by atoms with Crippen LogP contribution in [-0.4, -0.2) is 37.8 Å². The summed E-state index contributed by atoms with van der Waals surface area (Å²) >= 11 is 1.46. The third-order valence-corrected chi connectivity index (χ3v) is 7.27. The third-order valence-electron chi connectivity index (χ3n) is 6.34. The Kier molecular flexibility index (Phi) is 7.18. The first-order valence-corrected chi connectivity index (χ1v) is 13.0. The molecule has 1 fully saturated rings. The second-order valence-corrected chi connectivity index (χ2v) is 9.94. The van der Waals surface area contributed by atoms with Gasteiger partial charge in [-0.2, -0.15) is 0 Å². The highest BCUT2D eigenvalue weighted by Gasteiger charge is 2.46. The average Bonchev–Trinajstić information content (AvgIpc) is 3.67. The number of aromatic nitrogens is 2. The molecule has 1 saturated heterocycles. The van der Waals surface area contributed by atoms with Crippen LogP contribution in [0.5, 0.6) is 5.75 Å². The maximum Gasteiger partial charge on any atom is 0.295 e. The molecule has 2 aromatic heterocycles. The molecule has 1 atom stereocenters. The van der Waals surface area contributed by atoms with Crippen molar-refractivity contribution in [3.05, 3.63) is 112 Å². The number of aliphatic hydroxyl groups excluding tert-OH is 1. The van der Waals surface area contributed by atoms with Crippen LogP contribution in [0, 0.1) is 6.92 Å². The number of imidazole rings is 1. The molecule has 3 heterocycles. The molecule has 0 radical (unpaired) electrons. The van der Waals surface area contributed by atoms with E-state index >= 15 is 0 Å². The zero-order valence-corrected chi connectivity index (χ0v) is 21.2. The van der Waals surface area contributed by atoms with Gasteiger partial charge in [0, 0.05) is 35.9 Å². The highest BCUT2D eigenvalue weighted by Crippen LogP contribution is 2.41. The minimum atomic E-state index is -0.668. The molecular weight excluding hydrogens is 486 g/mol. The van der Waals surface area contributed by atoms with Crippen molar-refractivity contribution in [2.45, 2.75) is 32.5 Å². The monoisotopic (exact) mass is 513 g/mol. The molecule has 188 valence electrons. The van der Waals surface area contributed by atoms with Gasteiger partial charge < -0.3 is 19.3 Å². The fraction of sp³-hybridized carbons (Fsp3) is 0.207. The zero-order chi connectivity index (χ0) is 25.8. The van der Waals surface area contributed by atoms with Crippen molar-refractivity contribution in [2.75, 3.05) is 6.54 Å². The Morgan fingerprint density at radius 2 is 1.92 bits per heavy atom. The van der Waals surface area contributed by atoms with Crippen LogP contribution in [0.2, 0.25) is 0 Å². The zero-order valence-electron chi connectivity index (χ0n) is 20.4. The van der Waals surface area contributed by atoms with E-state index in [1.807, 2.05) is 53.4 Å². The first-order valence-electron chi connectivity index (χ1n) is 12.1. The Hall–Kier alpha value is -4.17. The smallest absolute Gasteiger partial charge is 0.295 e. The topological polar surface area (TPSA) is 84.7 Å². The van der Waals surface area contributed by atoms with E-state index in [4.69, 9.17) is 4.74 Å². The van der Waals surface area contributed by atoms with Crippen LogP contribution in [0.4, 0.5) is 0 Å². The number of likely N-dealkylation sites (tertiary alicyclic amines) is 1. The molecule has 1 aliphatic rings. The molecule has 0 unspecified atom stereocenters. The summed E-state index contributed by atoms with van der Waals surface area (Å²) in [6.07, 6.45) is 5.94. The fourth-order valence-corrected chi connectivity index (χ4v) is 5.37. The van der Waals surface area contributed by atoms with Gasteiger partial charge in [-0.05, 0) is 54.6 Å². The summed E-state index contributed by atoms with van der Waals surface area (Å²) in [7, 11) is 0. The summed E-state index contributed by atoms with van der Waals surface area (Å²) in [4.78, 5) is 32.6. The SMILES string of the molecule is Cc1cccc(COc2ccc(/C(O)=C3\C(=O)C(=O)N(CCCn4ccnc4)[C@H]3c3cccs3)cc2)c1. The van der Waals surface area contributed by atoms with E-state index in [0.717, 1.165) is 10.4 Å². The van der Waals surface area contributed by atoms with Gasteiger partial charge in [0.1, 0.15) is 18.1 Å². The van der Waals surface area contributed by atoms with Crippen molar-refractivity contribution in [3.63, 3.8) is 0 Å². The highest BCUT2D eigenvalue weighted by molar-refractivity contribution is 7.10. The van der Waals surface area contributed by atoms with Crippen LogP contribution < -0.4 is 4.74 Å². The summed E-state index contributed by atoms with van der Waals surface area (Å²) in [5, 5.41) is 13.1. The summed E-state index contributed by atoms with van der Waals surface area (Å²) in [6, 6.07) is 18.2. The van der Waals surface area contributed by atoms with Crippen LogP contribution >= 0.6 is 11.3 Å². The minimum Gasteiger partial charge on any atom is -0.507 e. The second kappa shape index (κ2) is 10.8. The molecule has 4 aromatic rings. The number of carbonyl (C=O) groups is 2. The quantitative estimate of drug-likeness (QED) is 0.185. The van der Waals surface area contributed by atoms with Crippen LogP contribution in [0.3, 0.4) is 0 Å². The number of nitrogens with zero attached hydrogens (tertiary/aromatic N) is 3. The number of thiophene rings is 1. The number of amides is 1. The van der Waals surface area contributed by atoms with E-state index in [9.17, 15) is 14.7 Å². The molecule has 37 heavy (non-hydrogen) atoms. The second-order valence-electron chi connectivity index (χ2n) is 8.96. The molecule has 5 rings (SSSR count). The number of hydrogen-bond donors (Lipinski definition) is 1. The summed E-state index contributed by atoms with van der Waals surface area (Å²) in [6.45, 7) is 3.52. The lowest BCUT2D eigenvalue weighted by Crippen LogP contribution is -2.31. The van der Waals surface area contributed by atoms with E-state index in [1.165, 1.54) is 16.9 Å². The van der Waals surface area contributed by atoms with Crippen molar-refractivity contribution in [1.82, 2.24) is 14.5 Å². The molecule has 1 amide bonds. The number of ketones is 1. The van der Waals surface area contributed by atoms with Crippen molar-refractivity contribution < 1.29 is 19.4 Å². The van der Waals surface area contributed by atoms with Crippen LogP contribution in [0.25, 0.3) is 5.76 Å². The van der Waals surface area contributed by atoms with Crippen molar-refractivity contribution in [2.24, 2.45) is 0 Å². The van der Waals surface area contributed by atoms with Crippen molar-refractivity contribution >= 4 is 28.8 Å². The molecule has 8 heteroatoms. The van der Waals surface area contributed by atoms with E-state index in [2.05, 4.69) is 11.1 Å². The number of Topliss-reactive ketones (excluding diaryl/α,β-unsaturated/α-hetero) is 1. The number of ether oxygens (including phenoxy) is 1. The number of aryl methyl sites for hydroxylation is 2. The van der Waals surface area contributed by atoms with Gasteiger partial charge in [0.15, 0.2) is 0 Å². The van der Waals surface area contributed by atoms with Crippen molar-refractivity contribution in [3.8, 4) is 5.75 Å². The summed E-state index contributed by atoms with van der Waals surface area (Å²) in [5.41, 5.74) is 2.81. The Balaban J connectivity index is 1.37. The van der Waals surface area contributed by atoms with Gasteiger partial charge in [0.05, 0.1) is 17.9 Å². The van der Waals surface area contributed by atoms with E-state index in [0.29, 0.717) is 37.4 Å². The van der Waals surface area contributed by atoms with Gasteiger partial charge in [0.25, 0.3) is 11.7 Å². The number of benzene rings is 2. The first kappa shape index (κ1) is 24.5. The maximum absolute atomic E-state index is 13.1. The third kappa shape index (κ3) is 5.34. The minimum absolute atomic E-state index is 0.114. The van der Waals surface area contributed by atoms with E-state index in [-0.39, 0.29) is 11.3 Å². The molecule has 0 saturated carbocycles. The van der Waals surface area contributed by atoms with Gasteiger partial charge in [0.2, 0.25) is 0 Å². The molecule has 0 bridgehead atoms. The van der Waals surface area contributed by atoms with Crippen LogP contribution in [-0.2, 0) is 22.7 Å². The Bertz CT molecular complexity index is 1410. The Morgan fingerprint density at radius 1 is 1.08 bits per heavy atom. The van der Waals surface area contributed by atoms with Gasteiger partial charge in [-0.15, -0.1) is 11.3 Å². The normalized spacial score (nSPS) is 16.9. The van der Waals surface area contributed by atoms with Crippen LogP contribution in [0.15, 0.2) is 90.3 Å². The maximum atomic E-state index is 13.1. The van der Waals surface area contributed by atoms with Gasteiger partial charge in [-0.1, -0.05) is 35.9 Å². The lowest BCUT2D eigenvalue weighted by atomic mass is 10.00. The lowest BCUT2D eigenvalue weighted by molar-refractivity contribution is -0.139. The van der Waals surface area contributed by atoms with Gasteiger partial charge >= 0.3 is 0 Å². The molecule has 1 aliphatic heterocycles. The molecule has 0 spiro atoms. The largest absolute Gasteiger partial charge is 0.507 e. The van der Waals surface area contributed by atoms with Gasteiger partial charge in [-0.3, -0.25) is 9.59 Å². The Morgan fingerprint density at radius 3 is 2.62 bits per heavy atom. The van der Waals surface area contributed by atoms with Crippen molar-refractivity contribution in [1.29, 1.82) is 0 Å². The first-order chi connectivity index (χ1) is 18.0.